The molecule has 0 saturated carbocycles. The van der Waals surface area contributed by atoms with Crippen LogP contribution in [0.5, 0.6) is 0 Å². The maximum absolute atomic E-state index is 12.3. The largest absolute Gasteiger partial charge is 0.375 e. The van der Waals surface area contributed by atoms with E-state index >= 15 is 0 Å². The van der Waals surface area contributed by atoms with E-state index in [1.165, 1.54) is 11.3 Å². The molecule has 0 bridgehead atoms. The molecule has 22 heavy (non-hydrogen) atoms. The van der Waals surface area contributed by atoms with Crippen LogP contribution in [0.15, 0.2) is 24.3 Å². The summed E-state index contributed by atoms with van der Waals surface area (Å²) in [7, 11) is -3.34. The smallest absolute Gasteiger partial charge is 0.216 e. The Morgan fingerprint density at radius 1 is 1.45 bits per heavy atom. The molecular weight excluding hydrogens is 318 g/mol. The summed E-state index contributed by atoms with van der Waals surface area (Å²) in [6, 6.07) is 7.52. The number of fused-ring (bicyclic) bond motifs is 1. The second-order valence-corrected chi connectivity index (χ2v) is 8.60. The summed E-state index contributed by atoms with van der Waals surface area (Å²) >= 11 is 1.46. The number of sulfonamides is 1. The summed E-state index contributed by atoms with van der Waals surface area (Å²) in [5.41, 5.74) is 8.62. The number of nitrogens with two attached hydrogens (primary N) is 1. The van der Waals surface area contributed by atoms with Crippen molar-refractivity contribution in [2.24, 2.45) is 0 Å². The Bertz CT molecular complexity index is 784. The first kappa shape index (κ1) is 15.5. The molecule has 1 heterocycles. The Morgan fingerprint density at radius 2 is 2.27 bits per heavy atom. The summed E-state index contributed by atoms with van der Waals surface area (Å²) < 4.78 is 27.5. The molecule has 0 amide bonds. The van der Waals surface area contributed by atoms with E-state index in [2.05, 4.69) is 9.71 Å². The Kier molecular flexibility index (Phi) is 4.20. The van der Waals surface area contributed by atoms with Crippen molar-refractivity contribution in [2.45, 2.75) is 38.0 Å². The van der Waals surface area contributed by atoms with Crippen LogP contribution in [0.4, 0.5) is 5.13 Å². The first-order valence-corrected chi connectivity index (χ1v) is 9.68. The van der Waals surface area contributed by atoms with Crippen molar-refractivity contribution >= 4 is 26.5 Å². The maximum atomic E-state index is 12.3. The highest BCUT2D eigenvalue weighted by Gasteiger charge is 2.25. The van der Waals surface area contributed by atoms with Crippen molar-refractivity contribution in [1.82, 2.24) is 9.71 Å². The third-order valence-corrected chi connectivity index (χ3v) is 6.10. The molecule has 5 nitrogen and oxygen atoms in total. The molecule has 1 aromatic heterocycles. The summed E-state index contributed by atoms with van der Waals surface area (Å²) in [6.45, 7) is 1.96. The van der Waals surface area contributed by atoms with Gasteiger partial charge in [-0.3, -0.25) is 0 Å². The fraction of sp³-hybridized carbons (Fsp3) is 0.400. The van der Waals surface area contributed by atoms with E-state index in [9.17, 15) is 8.42 Å². The lowest BCUT2D eigenvalue weighted by molar-refractivity contribution is 0.507. The first-order valence-electron chi connectivity index (χ1n) is 7.21. The topological polar surface area (TPSA) is 85.1 Å². The fourth-order valence-electron chi connectivity index (χ4n) is 2.81. The standard InChI is InChI=1S/C15H19N3O2S2/c1-10-3-2-4-11(7-10)9-22(19,20)18-12-5-6-13-14(8-12)21-15(16)17-13/h2-4,7,12,18H,5-6,8-9H2,1H3,(H2,16,17). The molecule has 3 N–H and O–H groups in total. The van der Waals surface area contributed by atoms with Crippen LogP contribution in [-0.4, -0.2) is 19.4 Å². The average molecular weight is 337 g/mol. The number of aromatic nitrogens is 1. The number of nitrogens with one attached hydrogen (secondary N) is 1. The van der Waals surface area contributed by atoms with Gasteiger partial charge in [0.05, 0.1) is 11.4 Å². The molecule has 118 valence electrons. The quantitative estimate of drug-likeness (QED) is 0.894. The molecule has 1 atom stereocenters. The number of thiazole rings is 1. The molecule has 0 fully saturated rings. The van der Waals surface area contributed by atoms with Gasteiger partial charge in [-0.1, -0.05) is 29.8 Å². The molecule has 1 aliphatic rings. The van der Waals surface area contributed by atoms with Crippen LogP contribution >= 0.6 is 11.3 Å². The molecule has 0 aliphatic heterocycles. The van der Waals surface area contributed by atoms with Crippen LogP contribution in [0.25, 0.3) is 0 Å². The lowest BCUT2D eigenvalue weighted by atomic mass is 9.99. The molecule has 3 rings (SSSR count). The highest BCUT2D eigenvalue weighted by atomic mass is 32.2. The van der Waals surface area contributed by atoms with Gasteiger partial charge in [-0.05, 0) is 25.3 Å². The molecular formula is C15H19N3O2S2. The van der Waals surface area contributed by atoms with Gasteiger partial charge in [0.2, 0.25) is 10.0 Å². The average Bonchev–Trinajstić information content (AvgIpc) is 2.77. The second-order valence-electron chi connectivity index (χ2n) is 5.73. The predicted molar refractivity (Wildman–Crippen MR) is 89.3 cm³/mol. The van der Waals surface area contributed by atoms with Crippen molar-refractivity contribution < 1.29 is 8.42 Å². The zero-order valence-corrected chi connectivity index (χ0v) is 14.0. The summed E-state index contributed by atoms with van der Waals surface area (Å²) in [6.07, 6.45) is 2.22. The molecule has 0 radical (unpaired) electrons. The van der Waals surface area contributed by atoms with Gasteiger partial charge in [-0.15, -0.1) is 11.3 Å². The van der Waals surface area contributed by atoms with Crippen LogP contribution in [0.2, 0.25) is 0 Å². The van der Waals surface area contributed by atoms with E-state index in [1.54, 1.807) is 0 Å². The lowest BCUT2D eigenvalue weighted by Crippen LogP contribution is -2.39. The highest BCUT2D eigenvalue weighted by Crippen LogP contribution is 2.28. The zero-order valence-electron chi connectivity index (χ0n) is 12.4. The number of hydrogen-bond donors (Lipinski definition) is 2. The molecule has 1 aliphatic carbocycles. The number of hydrogen-bond acceptors (Lipinski definition) is 5. The van der Waals surface area contributed by atoms with Crippen molar-refractivity contribution in [1.29, 1.82) is 0 Å². The van der Waals surface area contributed by atoms with E-state index in [-0.39, 0.29) is 11.8 Å². The van der Waals surface area contributed by atoms with Gasteiger partial charge in [0, 0.05) is 17.3 Å². The third kappa shape index (κ3) is 3.66. The second kappa shape index (κ2) is 5.98. The van der Waals surface area contributed by atoms with E-state index < -0.39 is 10.0 Å². The summed E-state index contributed by atoms with van der Waals surface area (Å²) in [4.78, 5) is 5.38. The number of aryl methyl sites for hydroxylation is 2. The van der Waals surface area contributed by atoms with Gasteiger partial charge in [-0.25, -0.2) is 18.1 Å². The number of anilines is 1. The van der Waals surface area contributed by atoms with Gasteiger partial charge >= 0.3 is 0 Å². The van der Waals surface area contributed by atoms with Crippen molar-refractivity contribution in [3.05, 3.63) is 46.0 Å². The zero-order chi connectivity index (χ0) is 15.7. The third-order valence-electron chi connectivity index (χ3n) is 3.74. The van der Waals surface area contributed by atoms with E-state index in [4.69, 9.17) is 5.73 Å². The van der Waals surface area contributed by atoms with Gasteiger partial charge in [0.25, 0.3) is 0 Å². The SMILES string of the molecule is Cc1cccc(CS(=O)(=O)NC2CCc3nc(N)sc3C2)c1. The number of nitrogen functional groups attached to an aromatic ring is 1. The molecule has 7 heteroatoms. The maximum Gasteiger partial charge on any atom is 0.216 e. The Balaban J connectivity index is 1.67. The molecule has 0 spiro atoms. The molecule has 2 aromatic rings. The minimum atomic E-state index is -3.34. The van der Waals surface area contributed by atoms with Crippen LogP contribution in [0.1, 0.15) is 28.1 Å². The summed E-state index contributed by atoms with van der Waals surface area (Å²) in [5, 5.41) is 0.563. The predicted octanol–water partition coefficient (Wildman–Crippen LogP) is 2.01. The van der Waals surface area contributed by atoms with E-state index in [0.29, 0.717) is 11.6 Å². The summed E-state index contributed by atoms with van der Waals surface area (Å²) in [5.74, 6) is 0.0167. The van der Waals surface area contributed by atoms with Crippen molar-refractivity contribution in [3.63, 3.8) is 0 Å². The van der Waals surface area contributed by atoms with Gasteiger partial charge in [0.15, 0.2) is 5.13 Å². The van der Waals surface area contributed by atoms with E-state index in [1.807, 2.05) is 31.2 Å². The van der Waals surface area contributed by atoms with Crippen LogP contribution < -0.4 is 10.5 Å². The van der Waals surface area contributed by atoms with Crippen LogP contribution in [0, 0.1) is 6.92 Å². The normalized spacial score (nSPS) is 18.1. The fourth-order valence-corrected chi connectivity index (χ4v) is 5.18. The molecule has 1 aromatic carbocycles. The van der Waals surface area contributed by atoms with Crippen LogP contribution in [-0.2, 0) is 28.6 Å². The van der Waals surface area contributed by atoms with Gasteiger partial charge in [0.1, 0.15) is 0 Å². The Labute approximate surface area is 134 Å². The number of nitrogens with zero attached hydrogens (tertiary/aromatic N) is 1. The Morgan fingerprint density at radius 3 is 3.05 bits per heavy atom. The van der Waals surface area contributed by atoms with Crippen LogP contribution in [0.3, 0.4) is 0 Å². The number of rotatable bonds is 4. The first-order chi connectivity index (χ1) is 10.4. The lowest BCUT2D eigenvalue weighted by Gasteiger charge is -2.22. The van der Waals surface area contributed by atoms with Gasteiger partial charge < -0.3 is 5.73 Å². The van der Waals surface area contributed by atoms with Crippen molar-refractivity contribution in [3.8, 4) is 0 Å². The van der Waals surface area contributed by atoms with Gasteiger partial charge in [-0.2, -0.15) is 0 Å². The highest BCUT2D eigenvalue weighted by molar-refractivity contribution is 7.88. The minimum absolute atomic E-state index is 0.0167. The number of benzene rings is 1. The van der Waals surface area contributed by atoms with Crippen molar-refractivity contribution in [2.75, 3.05) is 5.73 Å². The molecule has 1 unspecified atom stereocenters. The minimum Gasteiger partial charge on any atom is -0.375 e. The monoisotopic (exact) mass is 337 g/mol. The molecule has 0 saturated heterocycles. The van der Waals surface area contributed by atoms with E-state index in [0.717, 1.165) is 34.5 Å². The Hall–Kier alpha value is -1.44.